The summed E-state index contributed by atoms with van der Waals surface area (Å²) in [6, 6.07) is 4.22. The number of rotatable bonds is 6. The molecule has 9 nitrogen and oxygen atoms in total. The van der Waals surface area contributed by atoms with Crippen LogP contribution in [0.2, 0.25) is 0 Å². The minimum atomic E-state index is -1.32. The Hall–Kier alpha value is -1.07. The largest absolute Gasteiger partial charge is 0.507 e. The second-order valence-corrected chi connectivity index (χ2v) is 17.0. The van der Waals surface area contributed by atoms with Crippen LogP contribution >= 0.6 is 75.8 Å². The monoisotopic (exact) mass is 644 g/mol. The molecule has 4 atom stereocenters. The highest BCUT2D eigenvalue weighted by molar-refractivity contribution is 8.17. The Morgan fingerprint density at radius 2 is 1.79 bits per heavy atom. The Labute approximate surface area is 259 Å². The van der Waals surface area contributed by atoms with E-state index in [9.17, 15) is 5.11 Å². The summed E-state index contributed by atoms with van der Waals surface area (Å²) in [5.41, 5.74) is 0.397. The summed E-state index contributed by atoms with van der Waals surface area (Å²) in [5, 5.41) is 31.3. The second-order valence-electron chi connectivity index (χ2n) is 11.0. The highest BCUT2D eigenvalue weighted by Gasteiger charge is 2.56. The molecule has 0 saturated heterocycles. The molecule has 0 radical (unpaired) electrons. The predicted octanol–water partition coefficient (Wildman–Crippen LogP) is 5.16. The van der Waals surface area contributed by atoms with Crippen molar-refractivity contribution in [3.8, 4) is 28.5 Å². The van der Waals surface area contributed by atoms with E-state index in [1.807, 2.05) is 6.92 Å². The van der Waals surface area contributed by atoms with Crippen LogP contribution < -0.4 is 4.90 Å². The molecule has 2 aromatic heterocycles. The Kier molecular flexibility index (Phi) is 7.79. The van der Waals surface area contributed by atoms with Gasteiger partial charge in [0.05, 0.1) is 17.8 Å². The predicted molar refractivity (Wildman–Crippen MR) is 169 cm³/mol. The van der Waals surface area contributed by atoms with Crippen molar-refractivity contribution in [3.63, 3.8) is 0 Å². The van der Waals surface area contributed by atoms with Gasteiger partial charge < -0.3 is 10.0 Å². The number of alkyl halides is 1. The lowest BCUT2D eigenvalue weighted by molar-refractivity contribution is -0.0549. The smallest absolute Gasteiger partial charge is 0.213 e. The van der Waals surface area contributed by atoms with E-state index in [-0.39, 0.29) is 22.8 Å². The summed E-state index contributed by atoms with van der Waals surface area (Å²) >= 11 is 26.2. The number of phenols is 1. The fraction of sp³-hybridized carbons (Fsp3) is 0.565. The zero-order valence-corrected chi connectivity index (χ0v) is 26.5. The van der Waals surface area contributed by atoms with Crippen molar-refractivity contribution in [3.05, 3.63) is 24.4 Å². The molecule has 0 amide bonds. The van der Waals surface area contributed by atoms with Crippen molar-refractivity contribution in [1.29, 1.82) is 0 Å². The minimum absolute atomic E-state index is 0.00171. The van der Waals surface area contributed by atoms with Crippen molar-refractivity contribution in [1.82, 2.24) is 35.4 Å². The first-order valence-corrected chi connectivity index (χ1v) is 14.9. The maximum absolute atomic E-state index is 16.1. The van der Waals surface area contributed by atoms with E-state index in [0.29, 0.717) is 23.4 Å². The molecule has 0 unspecified atom stereocenters. The molecule has 0 spiro atoms. The third kappa shape index (κ3) is 5.83. The van der Waals surface area contributed by atoms with Gasteiger partial charge >= 0.3 is 0 Å². The lowest BCUT2D eigenvalue weighted by Crippen LogP contribution is -2.60. The van der Waals surface area contributed by atoms with Crippen molar-refractivity contribution in [2.75, 3.05) is 4.90 Å². The van der Waals surface area contributed by atoms with E-state index in [4.69, 9.17) is 0 Å². The van der Waals surface area contributed by atoms with Crippen LogP contribution in [0.15, 0.2) is 24.4 Å². The molecule has 16 heteroatoms. The van der Waals surface area contributed by atoms with Gasteiger partial charge in [0, 0.05) is 11.0 Å². The lowest BCUT2D eigenvalue weighted by Gasteiger charge is -2.57. The Balaban J connectivity index is 1.43. The van der Waals surface area contributed by atoms with Crippen molar-refractivity contribution in [2.45, 2.75) is 65.2 Å². The van der Waals surface area contributed by atoms with Gasteiger partial charge in [0.25, 0.3) is 0 Å². The number of hydrogen-bond donors (Lipinski definition) is 7. The normalized spacial score (nSPS) is 27.4. The molecule has 2 aliphatic rings. The third-order valence-electron chi connectivity index (χ3n) is 7.69. The molecule has 1 N–H and O–H groups in total. The molecule has 1 aromatic carbocycles. The quantitative estimate of drug-likeness (QED) is 0.146. The second kappa shape index (κ2) is 10.3. The molecular formula is C23H29FN8OS6. The van der Waals surface area contributed by atoms with Crippen molar-refractivity contribution in [2.24, 2.45) is 10.8 Å². The number of nitrogens with zero attached hydrogens (tertiary/aromatic N) is 8. The molecule has 2 heterocycles. The topological polar surface area (TPSA) is 106 Å². The first-order valence-electron chi connectivity index (χ1n) is 12.2. The Morgan fingerprint density at radius 1 is 1.05 bits per heavy atom. The van der Waals surface area contributed by atoms with Crippen LogP contribution in [-0.4, -0.2) is 56.2 Å². The van der Waals surface area contributed by atoms with E-state index in [2.05, 4.69) is 113 Å². The van der Waals surface area contributed by atoms with Crippen LogP contribution in [-0.2, 0) is 3.54 Å². The van der Waals surface area contributed by atoms with E-state index >= 15 is 4.39 Å². The Bertz CT molecular complexity index is 1370. The number of hydrogen-bond acceptors (Lipinski definition) is 14. The average molecular weight is 645 g/mol. The Morgan fingerprint density at radius 3 is 2.38 bits per heavy atom. The van der Waals surface area contributed by atoms with Gasteiger partial charge in [-0.1, -0.05) is 26.3 Å². The minimum Gasteiger partial charge on any atom is -0.507 e. The van der Waals surface area contributed by atoms with Gasteiger partial charge in [0.2, 0.25) is 9.36 Å². The van der Waals surface area contributed by atoms with E-state index in [0.717, 1.165) is 30.5 Å². The molecule has 5 rings (SSSR count). The summed E-state index contributed by atoms with van der Waals surface area (Å²) in [6.07, 6.45) is 4.70. The maximum Gasteiger partial charge on any atom is 0.213 e. The number of halogens is 1. The average Bonchev–Trinajstić information content (AvgIpc) is 3.33. The molecule has 3 aromatic rings. The van der Waals surface area contributed by atoms with Gasteiger partial charge in [-0.2, -0.15) is 0 Å². The fourth-order valence-corrected chi connectivity index (χ4v) is 7.15. The number of phenolic OH excluding ortho intramolecular Hbond substituents is 1. The molecule has 2 saturated carbocycles. The summed E-state index contributed by atoms with van der Waals surface area (Å²) in [4.78, 5) is 7.20. The maximum atomic E-state index is 16.1. The molecule has 0 aliphatic heterocycles. The number of fused-ring (bicyclic) bond motifs is 2. The molecule has 2 fully saturated rings. The van der Waals surface area contributed by atoms with Crippen molar-refractivity contribution >= 4 is 81.6 Å². The standard InChI is InChI=1S/C23H29FN8OS6/c1-20-6-3-7-21(2,11-20)17(24)14(9-20)31(22(34,35)36)16-10-25-19(27-26-16)13-5-4-12(8-15(13)33)18-28-30-32(29-18)23(37,38)39/h4-5,8,10,14,17,33-39H,3,6-7,9,11H2,1-2H3/t14-,17-,20-,21-/m0/s1. The number of tetrazole rings is 1. The zero-order valence-electron chi connectivity index (χ0n) is 21.1. The van der Waals surface area contributed by atoms with Crippen LogP contribution in [0.25, 0.3) is 22.8 Å². The van der Waals surface area contributed by atoms with Crippen LogP contribution in [0.5, 0.6) is 5.75 Å². The van der Waals surface area contributed by atoms with Crippen LogP contribution in [0.3, 0.4) is 0 Å². The first kappa shape index (κ1) is 29.4. The number of aromatic hydroxyl groups is 1. The van der Waals surface area contributed by atoms with Crippen molar-refractivity contribution < 1.29 is 9.50 Å². The first-order chi connectivity index (χ1) is 18.1. The van der Waals surface area contributed by atoms with Gasteiger partial charge in [-0.15, -0.1) is 101 Å². The van der Waals surface area contributed by atoms with E-state index in [1.165, 1.54) is 12.3 Å². The summed E-state index contributed by atoms with van der Waals surface area (Å²) in [7, 11) is 0. The van der Waals surface area contributed by atoms with Crippen LogP contribution in [0, 0.1) is 10.8 Å². The lowest BCUT2D eigenvalue weighted by atomic mass is 9.54. The van der Waals surface area contributed by atoms with E-state index in [1.54, 1.807) is 17.0 Å². The van der Waals surface area contributed by atoms with Crippen LogP contribution in [0.4, 0.5) is 10.2 Å². The highest BCUT2D eigenvalue weighted by atomic mass is 32.2. The SMILES string of the molecule is C[C@@]12CCC[C@@](C)(C1)[C@@H](F)[C@@H](N(c1cnc(-c3ccc(-c4nnn(C(S)(S)S)n4)cc3O)nn1)C(S)(S)S)C2. The van der Waals surface area contributed by atoms with Crippen LogP contribution in [0.1, 0.15) is 46.0 Å². The fourth-order valence-electron chi connectivity index (χ4n) is 6.14. The van der Waals surface area contributed by atoms with Gasteiger partial charge in [-0.3, -0.25) is 0 Å². The third-order valence-corrected chi connectivity index (χ3v) is 8.88. The zero-order chi connectivity index (χ0) is 28.4. The summed E-state index contributed by atoms with van der Waals surface area (Å²) < 4.78 is 13.6. The summed E-state index contributed by atoms with van der Waals surface area (Å²) in [6.45, 7) is 4.25. The van der Waals surface area contributed by atoms with Gasteiger partial charge in [0.1, 0.15) is 11.9 Å². The van der Waals surface area contributed by atoms with E-state index < -0.39 is 24.7 Å². The molecule has 2 bridgehead atoms. The number of thiol groups is 6. The molecule has 210 valence electrons. The van der Waals surface area contributed by atoms with Gasteiger partial charge in [-0.05, 0) is 48.4 Å². The summed E-state index contributed by atoms with van der Waals surface area (Å²) in [5.74, 6) is 0.611. The molecular weight excluding hydrogens is 616 g/mol. The molecule has 2 aliphatic carbocycles. The number of aromatic nitrogens is 7. The van der Waals surface area contributed by atoms with Gasteiger partial charge in [0.15, 0.2) is 15.2 Å². The number of anilines is 1. The van der Waals surface area contributed by atoms with Gasteiger partial charge in [-0.25, -0.2) is 9.37 Å². The highest BCUT2D eigenvalue weighted by Crippen LogP contribution is 2.58. The molecule has 39 heavy (non-hydrogen) atoms. The number of benzene rings is 1.